The molecule has 1 saturated heterocycles. The fourth-order valence-corrected chi connectivity index (χ4v) is 7.98. The lowest BCUT2D eigenvalue weighted by molar-refractivity contribution is -0.133. The summed E-state index contributed by atoms with van der Waals surface area (Å²) in [6, 6.07) is 6.19. The normalized spacial score (nSPS) is 21.1. The zero-order chi connectivity index (χ0) is 40.9. The number of nitrogens with one attached hydrogen (secondary N) is 3. The number of likely N-dealkylation sites (N-methyl/N-ethyl adjacent to an activating group) is 1. The van der Waals surface area contributed by atoms with Crippen LogP contribution in [0.2, 0.25) is 0 Å². The van der Waals surface area contributed by atoms with Crippen molar-refractivity contribution in [1.82, 2.24) is 25.8 Å². The predicted octanol–water partition coefficient (Wildman–Crippen LogP) is 3.13. The molecule has 1 aromatic carbocycles. The van der Waals surface area contributed by atoms with Gasteiger partial charge in [-0.25, -0.2) is 4.79 Å². The number of aliphatic hydroxyl groups is 1. The molecule has 3 amide bonds. The van der Waals surface area contributed by atoms with E-state index in [4.69, 9.17) is 9.47 Å². The first-order valence-electron chi connectivity index (χ1n) is 19.2. The van der Waals surface area contributed by atoms with E-state index in [0.29, 0.717) is 19.5 Å². The highest BCUT2D eigenvalue weighted by Crippen LogP contribution is 2.33. The molecule has 14 heteroatoms. The molecule has 3 unspecified atom stereocenters. The molecule has 14 nitrogen and oxygen atoms in total. The van der Waals surface area contributed by atoms with Crippen molar-refractivity contribution < 1.29 is 43.7 Å². The van der Waals surface area contributed by atoms with Crippen LogP contribution >= 0.6 is 0 Å². The molecule has 0 aromatic heterocycles. The Bertz CT molecular complexity index is 1350. The Labute approximate surface area is 322 Å². The minimum atomic E-state index is -1.24. The van der Waals surface area contributed by atoms with Crippen LogP contribution < -0.4 is 16.0 Å². The van der Waals surface area contributed by atoms with Crippen molar-refractivity contribution in [3.05, 3.63) is 35.9 Å². The molecule has 1 heterocycles. The molecular formula is C40H67N5O9. The van der Waals surface area contributed by atoms with E-state index in [1.165, 1.54) is 7.05 Å². The number of amides is 3. The minimum Gasteiger partial charge on any atom is -0.465 e. The van der Waals surface area contributed by atoms with E-state index in [0.717, 1.165) is 29.5 Å². The van der Waals surface area contributed by atoms with E-state index in [-0.39, 0.29) is 36.1 Å². The Morgan fingerprint density at radius 2 is 1.65 bits per heavy atom. The SMILES string of the molecule is CC[C@H](C)C(CNC(=O)C(NC(=O)C(C(C)C)N(C)C(=O)O)C(C)C)[C@H](OC)[C@@H](C=O)N1CC[C@H]([C@@H](OC)[C@](C)(C=O)N[C@H](C)[C@@H](O)c2ccccc2)C1. The molecule has 1 aromatic rings. The number of aliphatic hydroxyl groups excluding tert-OH is 1. The first-order chi connectivity index (χ1) is 25.4. The van der Waals surface area contributed by atoms with Gasteiger partial charge in [0, 0.05) is 52.2 Å². The summed E-state index contributed by atoms with van der Waals surface area (Å²) in [5, 5.41) is 29.7. The van der Waals surface area contributed by atoms with E-state index >= 15 is 0 Å². The molecule has 2 rings (SSSR count). The van der Waals surface area contributed by atoms with Gasteiger partial charge in [-0.05, 0) is 50.1 Å². The van der Waals surface area contributed by atoms with Gasteiger partial charge in [-0.15, -0.1) is 0 Å². The number of ether oxygens (including phenoxy) is 2. The summed E-state index contributed by atoms with van der Waals surface area (Å²) >= 11 is 0. The molecule has 11 atom stereocenters. The second-order valence-corrected chi connectivity index (χ2v) is 15.8. The van der Waals surface area contributed by atoms with Crippen molar-refractivity contribution in [2.75, 3.05) is 40.9 Å². The van der Waals surface area contributed by atoms with Crippen LogP contribution in [0.25, 0.3) is 0 Å². The summed E-state index contributed by atoms with van der Waals surface area (Å²) in [6.45, 7) is 15.9. The lowest BCUT2D eigenvalue weighted by Crippen LogP contribution is -2.61. The number of carbonyl (C=O) groups excluding carboxylic acids is 4. The van der Waals surface area contributed by atoms with E-state index in [9.17, 15) is 34.2 Å². The van der Waals surface area contributed by atoms with Crippen molar-refractivity contribution in [2.45, 2.75) is 116 Å². The Kier molecular flexibility index (Phi) is 18.7. The van der Waals surface area contributed by atoms with Gasteiger partial charge in [-0.1, -0.05) is 78.3 Å². The molecule has 1 fully saturated rings. The zero-order valence-electron chi connectivity index (χ0n) is 34.2. The smallest absolute Gasteiger partial charge is 0.407 e. The number of likely N-dealkylation sites (tertiary alicyclic amines) is 1. The van der Waals surface area contributed by atoms with Crippen LogP contribution in [0.4, 0.5) is 4.79 Å². The van der Waals surface area contributed by atoms with Gasteiger partial charge >= 0.3 is 6.09 Å². The van der Waals surface area contributed by atoms with Crippen LogP contribution in [-0.2, 0) is 28.7 Å². The third kappa shape index (κ3) is 11.8. The van der Waals surface area contributed by atoms with Crippen LogP contribution in [0.1, 0.15) is 79.9 Å². The quantitative estimate of drug-likeness (QED) is 0.103. The topological polar surface area (TPSA) is 187 Å². The van der Waals surface area contributed by atoms with Gasteiger partial charge in [0.15, 0.2) is 0 Å². The van der Waals surface area contributed by atoms with Gasteiger partial charge in [-0.2, -0.15) is 0 Å². The van der Waals surface area contributed by atoms with E-state index in [2.05, 4.69) is 16.0 Å². The lowest BCUT2D eigenvalue weighted by atomic mass is 9.83. The van der Waals surface area contributed by atoms with Gasteiger partial charge in [-0.3, -0.25) is 24.7 Å². The van der Waals surface area contributed by atoms with E-state index in [1.807, 2.05) is 56.0 Å². The van der Waals surface area contributed by atoms with Crippen LogP contribution in [0.3, 0.4) is 0 Å². The van der Waals surface area contributed by atoms with Gasteiger partial charge in [0.25, 0.3) is 0 Å². The number of benzene rings is 1. The van der Waals surface area contributed by atoms with Crippen molar-refractivity contribution >= 4 is 30.5 Å². The van der Waals surface area contributed by atoms with Crippen LogP contribution in [0.15, 0.2) is 30.3 Å². The number of carboxylic acid groups (broad SMARTS) is 1. The Balaban J connectivity index is 2.25. The Hall–Kier alpha value is -3.43. The molecule has 0 radical (unpaired) electrons. The largest absolute Gasteiger partial charge is 0.465 e. The van der Waals surface area contributed by atoms with Crippen LogP contribution in [0.5, 0.6) is 0 Å². The highest BCUT2D eigenvalue weighted by molar-refractivity contribution is 5.91. The second-order valence-electron chi connectivity index (χ2n) is 15.8. The number of carbonyl (C=O) groups is 5. The molecule has 0 bridgehead atoms. The molecule has 5 N–H and O–H groups in total. The maximum Gasteiger partial charge on any atom is 0.407 e. The average molecular weight is 762 g/mol. The number of hydrogen-bond donors (Lipinski definition) is 5. The summed E-state index contributed by atoms with van der Waals surface area (Å²) < 4.78 is 12.0. The van der Waals surface area contributed by atoms with E-state index < -0.39 is 65.9 Å². The van der Waals surface area contributed by atoms with E-state index in [1.54, 1.807) is 48.8 Å². The maximum atomic E-state index is 13.7. The summed E-state index contributed by atoms with van der Waals surface area (Å²) in [5.74, 6) is -1.99. The van der Waals surface area contributed by atoms with Crippen LogP contribution in [-0.4, -0.2) is 133 Å². The Morgan fingerprint density at radius 1 is 1.02 bits per heavy atom. The summed E-state index contributed by atoms with van der Waals surface area (Å²) in [7, 11) is 4.45. The molecular weight excluding hydrogens is 694 g/mol. The van der Waals surface area contributed by atoms with Gasteiger partial charge in [0.05, 0.1) is 29.9 Å². The predicted molar refractivity (Wildman–Crippen MR) is 207 cm³/mol. The number of hydrogen-bond acceptors (Lipinski definition) is 10. The molecule has 1 aliphatic rings. The fourth-order valence-electron chi connectivity index (χ4n) is 7.98. The molecule has 0 aliphatic carbocycles. The van der Waals surface area contributed by atoms with Crippen molar-refractivity contribution in [3.63, 3.8) is 0 Å². The summed E-state index contributed by atoms with van der Waals surface area (Å²) in [5.41, 5.74) is -0.419. The summed E-state index contributed by atoms with van der Waals surface area (Å²) in [6.07, 6.45) is -0.167. The van der Waals surface area contributed by atoms with Crippen molar-refractivity contribution in [1.29, 1.82) is 0 Å². The molecule has 306 valence electrons. The first-order valence-corrected chi connectivity index (χ1v) is 19.2. The number of methoxy groups -OCH3 is 2. The van der Waals surface area contributed by atoms with Gasteiger partial charge in [0.1, 0.15) is 24.7 Å². The number of aldehydes is 2. The van der Waals surface area contributed by atoms with Crippen LogP contribution in [0, 0.1) is 29.6 Å². The molecule has 1 aliphatic heterocycles. The lowest BCUT2D eigenvalue weighted by Gasteiger charge is -2.40. The summed E-state index contributed by atoms with van der Waals surface area (Å²) in [4.78, 5) is 67.2. The zero-order valence-corrected chi connectivity index (χ0v) is 34.2. The minimum absolute atomic E-state index is 0.0320. The van der Waals surface area contributed by atoms with Gasteiger partial charge in [0.2, 0.25) is 11.8 Å². The third-order valence-electron chi connectivity index (χ3n) is 11.3. The molecule has 54 heavy (non-hydrogen) atoms. The third-order valence-corrected chi connectivity index (χ3v) is 11.3. The molecule has 0 spiro atoms. The maximum absolute atomic E-state index is 13.7. The highest BCUT2D eigenvalue weighted by Gasteiger charge is 2.46. The fraction of sp³-hybridized carbons (Fsp3) is 0.725. The Morgan fingerprint density at radius 3 is 2.13 bits per heavy atom. The first kappa shape index (κ1) is 46.7. The van der Waals surface area contributed by atoms with Crippen molar-refractivity contribution in [2.24, 2.45) is 29.6 Å². The van der Waals surface area contributed by atoms with Gasteiger partial charge < -0.3 is 39.9 Å². The molecule has 0 saturated carbocycles. The number of rotatable bonds is 23. The standard InChI is InChI=1S/C40H67N5O9/c1-12-26(6)30(20-41-37(49)32(24(2)3)42-38(50)33(25(4)5)44(9)39(51)52)35(53-10)31(22-46)45-19-18-29(21-45)36(54-11)40(8,23-47)43-27(7)34(48)28-16-14-13-15-17-28/h13-17,22-27,29-36,43,48H,12,18-21H2,1-11H3,(H,41,49)(H,42,50)(H,51,52)/t26-,27+,29-,30?,31+,32?,33?,34+,35-,36+,40-/m0/s1. The highest BCUT2D eigenvalue weighted by atomic mass is 16.5. The van der Waals surface area contributed by atoms with Crippen molar-refractivity contribution in [3.8, 4) is 0 Å². The number of nitrogens with zero attached hydrogens (tertiary/aromatic N) is 2. The monoisotopic (exact) mass is 761 g/mol. The second kappa shape index (κ2) is 21.6. The average Bonchev–Trinajstić information content (AvgIpc) is 3.61.